The molecule has 1 saturated heterocycles. The normalized spacial score (nSPS) is 21.0. The minimum absolute atomic E-state index is 0.231. The minimum atomic E-state index is -0.231. The van der Waals surface area contributed by atoms with Crippen LogP contribution >= 0.6 is 0 Å². The molecule has 1 aromatic carbocycles. The Kier molecular flexibility index (Phi) is 3.89. The summed E-state index contributed by atoms with van der Waals surface area (Å²) in [6.07, 6.45) is 3.09. The molecule has 1 heterocycles. The van der Waals surface area contributed by atoms with E-state index in [1.807, 2.05) is 4.90 Å². The van der Waals surface area contributed by atoms with Crippen LogP contribution < -0.4 is 10.6 Å². The van der Waals surface area contributed by atoms with Gasteiger partial charge in [0, 0.05) is 38.4 Å². The van der Waals surface area contributed by atoms with Gasteiger partial charge in [0.15, 0.2) is 0 Å². The standard InChI is InChI=1S/C17H25N3O/c1-14-5-2-3-6-15(14)19-9-11-20(12-10-19)16(21)17(13-18)7-4-8-17/h2-3,5-6H,4,7-13,18H2,1H3. The molecule has 21 heavy (non-hydrogen) atoms. The predicted molar refractivity (Wildman–Crippen MR) is 85.3 cm³/mol. The van der Waals surface area contributed by atoms with Crippen molar-refractivity contribution in [3.05, 3.63) is 29.8 Å². The summed E-state index contributed by atoms with van der Waals surface area (Å²) in [5.74, 6) is 0.292. The van der Waals surface area contributed by atoms with Crippen molar-refractivity contribution >= 4 is 11.6 Å². The molecule has 0 spiro atoms. The lowest BCUT2D eigenvalue weighted by atomic mass is 9.67. The van der Waals surface area contributed by atoms with E-state index in [1.54, 1.807) is 0 Å². The zero-order valence-electron chi connectivity index (χ0n) is 12.8. The second kappa shape index (κ2) is 5.68. The Morgan fingerprint density at radius 3 is 2.38 bits per heavy atom. The summed E-state index contributed by atoms with van der Waals surface area (Å²) in [5.41, 5.74) is 8.22. The van der Waals surface area contributed by atoms with Crippen LogP contribution in [0.25, 0.3) is 0 Å². The highest BCUT2D eigenvalue weighted by Gasteiger charge is 2.45. The lowest BCUT2D eigenvalue weighted by molar-refractivity contribution is -0.147. The highest BCUT2D eigenvalue weighted by Crippen LogP contribution is 2.41. The molecular weight excluding hydrogens is 262 g/mol. The number of hydrogen-bond donors (Lipinski definition) is 1. The zero-order chi connectivity index (χ0) is 14.9. The molecule has 0 unspecified atom stereocenters. The van der Waals surface area contributed by atoms with Crippen LogP contribution in [0.4, 0.5) is 5.69 Å². The number of rotatable bonds is 3. The summed E-state index contributed by atoms with van der Waals surface area (Å²) in [6, 6.07) is 8.46. The van der Waals surface area contributed by atoms with Crippen LogP contribution in [0, 0.1) is 12.3 Å². The smallest absolute Gasteiger partial charge is 0.230 e. The molecule has 0 bridgehead atoms. The molecule has 1 aromatic rings. The third-order valence-electron chi connectivity index (χ3n) is 5.18. The van der Waals surface area contributed by atoms with E-state index in [9.17, 15) is 4.79 Å². The van der Waals surface area contributed by atoms with Gasteiger partial charge in [0.2, 0.25) is 5.91 Å². The van der Waals surface area contributed by atoms with E-state index in [-0.39, 0.29) is 5.41 Å². The SMILES string of the molecule is Cc1ccccc1N1CCN(C(=O)C2(CN)CCC2)CC1. The van der Waals surface area contributed by atoms with Gasteiger partial charge in [0.25, 0.3) is 0 Å². The van der Waals surface area contributed by atoms with Gasteiger partial charge in [-0.05, 0) is 31.4 Å². The van der Waals surface area contributed by atoms with Crippen molar-refractivity contribution in [2.24, 2.45) is 11.1 Å². The van der Waals surface area contributed by atoms with E-state index in [1.165, 1.54) is 11.3 Å². The fourth-order valence-electron chi connectivity index (χ4n) is 3.51. The number of para-hydroxylation sites is 1. The zero-order valence-corrected chi connectivity index (χ0v) is 12.8. The number of benzene rings is 1. The summed E-state index contributed by atoms with van der Waals surface area (Å²) in [5, 5.41) is 0. The van der Waals surface area contributed by atoms with Crippen LogP contribution in [-0.4, -0.2) is 43.5 Å². The van der Waals surface area contributed by atoms with Gasteiger partial charge in [-0.1, -0.05) is 24.6 Å². The van der Waals surface area contributed by atoms with Crippen LogP contribution in [-0.2, 0) is 4.79 Å². The van der Waals surface area contributed by atoms with Crippen molar-refractivity contribution < 1.29 is 4.79 Å². The minimum Gasteiger partial charge on any atom is -0.368 e. The summed E-state index contributed by atoms with van der Waals surface area (Å²) in [6.45, 7) is 6.10. The van der Waals surface area contributed by atoms with Crippen molar-refractivity contribution in [1.29, 1.82) is 0 Å². The summed E-state index contributed by atoms with van der Waals surface area (Å²) in [4.78, 5) is 17.1. The predicted octanol–water partition coefficient (Wildman–Crippen LogP) is 1.77. The van der Waals surface area contributed by atoms with Gasteiger partial charge < -0.3 is 15.5 Å². The van der Waals surface area contributed by atoms with Crippen molar-refractivity contribution in [3.8, 4) is 0 Å². The first-order valence-corrected chi connectivity index (χ1v) is 7.96. The second-order valence-corrected chi connectivity index (χ2v) is 6.40. The third kappa shape index (κ3) is 2.53. The molecular formula is C17H25N3O. The van der Waals surface area contributed by atoms with E-state index in [0.29, 0.717) is 12.5 Å². The molecule has 4 nitrogen and oxygen atoms in total. The number of nitrogens with two attached hydrogens (primary N) is 1. The quantitative estimate of drug-likeness (QED) is 0.922. The van der Waals surface area contributed by atoms with E-state index in [0.717, 1.165) is 45.4 Å². The van der Waals surface area contributed by atoms with Crippen LogP contribution in [0.2, 0.25) is 0 Å². The molecule has 0 radical (unpaired) electrons. The van der Waals surface area contributed by atoms with Crippen LogP contribution in [0.3, 0.4) is 0 Å². The third-order valence-corrected chi connectivity index (χ3v) is 5.18. The van der Waals surface area contributed by atoms with E-state index in [4.69, 9.17) is 5.73 Å². The molecule has 2 aliphatic rings. The Bertz CT molecular complexity index is 511. The van der Waals surface area contributed by atoms with Gasteiger partial charge in [-0.15, -0.1) is 0 Å². The number of carbonyl (C=O) groups excluding carboxylic acids is 1. The van der Waals surface area contributed by atoms with E-state index < -0.39 is 0 Å². The first-order chi connectivity index (χ1) is 10.2. The first kappa shape index (κ1) is 14.4. The summed E-state index contributed by atoms with van der Waals surface area (Å²) >= 11 is 0. The highest BCUT2D eigenvalue weighted by atomic mass is 16.2. The van der Waals surface area contributed by atoms with Gasteiger partial charge in [-0.3, -0.25) is 4.79 Å². The number of anilines is 1. The Hall–Kier alpha value is -1.55. The average Bonchev–Trinajstić information content (AvgIpc) is 2.47. The summed E-state index contributed by atoms with van der Waals surface area (Å²) < 4.78 is 0. The number of aryl methyl sites for hydroxylation is 1. The maximum absolute atomic E-state index is 12.7. The first-order valence-electron chi connectivity index (χ1n) is 7.96. The molecule has 2 fully saturated rings. The topological polar surface area (TPSA) is 49.6 Å². The molecule has 114 valence electrons. The van der Waals surface area contributed by atoms with E-state index >= 15 is 0 Å². The fourth-order valence-corrected chi connectivity index (χ4v) is 3.51. The lowest BCUT2D eigenvalue weighted by Crippen LogP contribution is -2.57. The Morgan fingerprint density at radius 1 is 1.19 bits per heavy atom. The van der Waals surface area contributed by atoms with Crippen LogP contribution in [0.15, 0.2) is 24.3 Å². The summed E-state index contributed by atoms with van der Waals surface area (Å²) in [7, 11) is 0. The molecule has 1 aliphatic heterocycles. The van der Waals surface area contributed by atoms with Gasteiger partial charge in [0.05, 0.1) is 5.41 Å². The molecule has 2 N–H and O–H groups in total. The molecule has 0 atom stereocenters. The Balaban J connectivity index is 1.63. The molecule has 4 heteroatoms. The van der Waals surface area contributed by atoms with Gasteiger partial charge in [-0.2, -0.15) is 0 Å². The average molecular weight is 287 g/mol. The van der Waals surface area contributed by atoms with Crippen LogP contribution in [0.5, 0.6) is 0 Å². The molecule has 3 rings (SSSR count). The van der Waals surface area contributed by atoms with Crippen LogP contribution in [0.1, 0.15) is 24.8 Å². The largest absolute Gasteiger partial charge is 0.368 e. The lowest BCUT2D eigenvalue weighted by Gasteiger charge is -2.45. The van der Waals surface area contributed by atoms with E-state index in [2.05, 4.69) is 36.1 Å². The fraction of sp³-hybridized carbons (Fsp3) is 0.588. The number of piperazine rings is 1. The molecule has 1 aliphatic carbocycles. The van der Waals surface area contributed by atoms with Crippen molar-refractivity contribution in [2.75, 3.05) is 37.6 Å². The van der Waals surface area contributed by atoms with Gasteiger partial charge >= 0.3 is 0 Å². The number of nitrogens with zero attached hydrogens (tertiary/aromatic N) is 2. The Labute approximate surface area is 126 Å². The van der Waals surface area contributed by atoms with Crippen molar-refractivity contribution in [2.45, 2.75) is 26.2 Å². The number of amides is 1. The van der Waals surface area contributed by atoms with Gasteiger partial charge in [-0.25, -0.2) is 0 Å². The van der Waals surface area contributed by atoms with Crippen molar-refractivity contribution in [1.82, 2.24) is 4.90 Å². The highest BCUT2D eigenvalue weighted by molar-refractivity contribution is 5.84. The molecule has 1 saturated carbocycles. The monoisotopic (exact) mass is 287 g/mol. The molecule has 1 amide bonds. The van der Waals surface area contributed by atoms with Crippen molar-refractivity contribution in [3.63, 3.8) is 0 Å². The number of hydrogen-bond acceptors (Lipinski definition) is 3. The Morgan fingerprint density at radius 2 is 1.86 bits per heavy atom. The number of carbonyl (C=O) groups is 1. The van der Waals surface area contributed by atoms with Gasteiger partial charge in [0.1, 0.15) is 0 Å². The maximum Gasteiger partial charge on any atom is 0.230 e. The maximum atomic E-state index is 12.7. The second-order valence-electron chi connectivity index (χ2n) is 6.40. The molecule has 0 aromatic heterocycles.